The lowest BCUT2D eigenvalue weighted by molar-refractivity contribution is -0.134. The molecule has 1 N–H and O–H groups in total. The Morgan fingerprint density at radius 2 is 2.00 bits per heavy atom. The van der Waals surface area contributed by atoms with Gasteiger partial charge in [-0.2, -0.15) is 0 Å². The number of rotatable bonds is 3. The molecule has 2 nitrogen and oxygen atoms in total. The van der Waals surface area contributed by atoms with Crippen molar-refractivity contribution in [2.75, 3.05) is 0 Å². The zero-order chi connectivity index (χ0) is 8.36. The summed E-state index contributed by atoms with van der Waals surface area (Å²) >= 11 is 0. The number of Topliss-reactive ketones (excluding diaryl/α,β-unsaturated/α-hetero) is 1. The molecule has 0 saturated heterocycles. The maximum Gasteiger partial charge on any atom is 0.160 e. The van der Waals surface area contributed by atoms with Crippen LogP contribution in [0.2, 0.25) is 0 Å². The highest BCUT2D eigenvalue weighted by molar-refractivity contribution is 5.84. The second-order valence-corrected chi connectivity index (χ2v) is 3.43. The molecule has 10 heavy (non-hydrogen) atoms. The van der Waals surface area contributed by atoms with E-state index in [4.69, 9.17) is 0 Å². The van der Waals surface area contributed by atoms with Crippen LogP contribution < -0.4 is 0 Å². The third-order valence-corrected chi connectivity index (χ3v) is 1.56. The second-order valence-electron chi connectivity index (χ2n) is 3.43. The van der Waals surface area contributed by atoms with Gasteiger partial charge in [0.05, 0.1) is 0 Å². The third kappa shape index (κ3) is 2.97. The van der Waals surface area contributed by atoms with Crippen molar-refractivity contribution >= 4 is 5.78 Å². The Hall–Kier alpha value is -0.370. The van der Waals surface area contributed by atoms with Gasteiger partial charge in [-0.05, 0) is 26.2 Å². The van der Waals surface area contributed by atoms with Crippen molar-refractivity contribution in [2.24, 2.45) is 5.92 Å². The number of hydrogen-bond donors (Lipinski definition) is 1. The van der Waals surface area contributed by atoms with E-state index in [0.717, 1.165) is 0 Å². The van der Waals surface area contributed by atoms with E-state index in [1.807, 2.05) is 13.8 Å². The van der Waals surface area contributed by atoms with Crippen LogP contribution >= 0.6 is 0 Å². The summed E-state index contributed by atoms with van der Waals surface area (Å²) in [6, 6.07) is 0. The van der Waals surface area contributed by atoms with Crippen LogP contribution in [0.4, 0.5) is 0 Å². The summed E-state index contributed by atoms with van der Waals surface area (Å²) in [4.78, 5) is 10.8. The lowest BCUT2D eigenvalue weighted by Gasteiger charge is -2.21. The summed E-state index contributed by atoms with van der Waals surface area (Å²) in [5.41, 5.74) is -1.12. The average Bonchev–Trinajstić information content (AvgIpc) is 1.60. The highest BCUT2D eigenvalue weighted by atomic mass is 16.3. The Labute approximate surface area is 62.2 Å². The van der Waals surface area contributed by atoms with E-state index in [1.54, 1.807) is 6.92 Å². The highest BCUT2D eigenvalue weighted by Crippen LogP contribution is 2.16. The van der Waals surface area contributed by atoms with Gasteiger partial charge in [0.2, 0.25) is 0 Å². The van der Waals surface area contributed by atoms with Crippen molar-refractivity contribution in [3.8, 4) is 0 Å². The maximum absolute atomic E-state index is 10.8. The molecule has 0 aromatic heterocycles. The number of hydrogen-bond acceptors (Lipinski definition) is 2. The molecule has 0 aromatic carbocycles. The van der Waals surface area contributed by atoms with Gasteiger partial charge < -0.3 is 5.11 Å². The van der Waals surface area contributed by atoms with E-state index in [-0.39, 0.29) is 5.78 Å². The summed E-state index contributed by atoms with van der Waals surface area (Å²) in [6.45, 7) is 6.95. The summed E-state index contributed by atoms with van der Waals surface area (Å²) in [7, 11) is 0. The maximum atomic E-state index is 10.8. The molecule has 0 bridgehead atoms. The smallest absolute Gasteiger partial charge is 0.160 e. The van der Waals surface area contributed by atoms with Gasteiger partial charge in [-0.3, -0.25) is 4.79 Å². The topological polar surface area (TPSA) is 37.3 Å². The van der Waals surface area contributed by atoms with Crippen LogP contribution in [0.5, 0.6) is 0 Å². The molecule has 0 aliphatic heterocycles. The van der Waals surface area contributed by atoms with Crippen LogP contribution in [-0.4, -0.2) is 16.5 Å². The first-order chi connectivity index (χ1) is 4.36. The first-order valence-electron chi connectivity index (χ1n) is 3.59. The average molecular weight is 144 g/mol. The van der Waals surface area contributed by atoms with E-state index in [1.165, 1.54) is 6.92 Å². The van der Waals surface area contributed by atoms with Gasteiger partial charge in [-0.25, -0.2) is 0 Å². The monoisotopic (exact) mass is 144 g/mol. The van der Waals surface area contributed by atoms with Gasteiger partial charge in [0.15, 0.2) is 5.78 Å². The van der Waals surface area contributed by atoms with E-state index in [0.29, 0.717) is 12.3 Å². The van der Waals surface area contributed by atoms with Crippen LogP contribution in [0.15, 0.2) is 0 Å². The van der Waals surface area contributed by atoms with E-state index in [9.17, 15) is 9.90 Å². The lowest BCUT2D eigenvalue weighted by Crippen LogP contribution is -2.34. The van der Waals surface area contributed by atoms with E-state index >= 15 is 0 Å². The molecule has 0 saturated carbocycles. The second kappa shape index (κ2) is 3.15. The Morgan fingerprint density at radius 1 is 1.60 bits per heavy atom. The predicted molar refractivity (Wildman–Crippen MR) is 40.8 cm³/mol. The predicted octanol–water partition coefficient (Wildman–Crippen LogP) is 1.37. The Bertz CT molecular complexity index is 125. The fourth-order valence-corrected chi connectivity index (χ4v) is 0.939. The van der Waals surface area contributed by atoms with Crippen molar-refractivity contribution in [1.82, 2.24) is 0 Å². The number of aliphatic hydroxyl groups is 1. The third-order valence-electron chi connectivity index (χ3n) is 1.56. The standard InChI is InChI=1S/C8H16O2/c1-6(2)5-8(4,10)7(3)9/h6,10H,5H2,1-4H3/t8-/m1/s1. The van der Waals surface area contributed by atoms with Crippen LogP contribution in [0.1, 0.15) is 34.1 Å². The number of ketones is 1. The van der Waals surface area contributed by atoms with Crippen LogP contribution in [0.25, 0.3) is 0 Å². The zero-order valence-corrected chi connectivity index (χ0v) is 7.14. The van der Waals surface area contributed by atoms with Crippen molar-refractivity contribution in [2.45, 2.75) is 39.7 Å². The van der Waals surface area contributed by atoms with Crippen LogP contribution in [0, 0.1) is 5.92 Å². The molecule has 0 spiro atoms. The molecule has 0 amide bonds. The first-order valence-corrected chi connectivity index (χ1v) is 3.59. The zero-order valence-electron chi connectivity index (χ0n) is 7.14. The van der Waals surface area contributed by atoms with Gasteiger partial charge >= 0.3 is 0 Å². The summed E-state index contributed by atoms with van der Waals surface area (Å²) in [5.74, 6) is 0.208. The van der Waals surface area contributed by atoms with E-state index < -0.39 is 5.60 Å². The molecule has 0 rings (SSSR count). The normalized spacial score (nSPS) is 17.0. The Kier molecular flexibility index (Phi) is 3.03. The SMILES string of the molecule is CC(=O)[C@](C)(O)CC(C)C. The molecule has 2 heteroatoms. The lowest BCUT2D eigenvalue weighted by atomic mass is 9.91. The minimum atomic E-state index is -1.12. The fourth-order valence-electron chi connectivity index (χ4n) is 0.939. The largest absolute Gasteiger partial charge is 0.382 e. The van der Waals surface area contributed by atoms with Gasteiger partial charge in [0, 0.05) is 0 Å². The molecule has 60 valence electrons. The van der Waals surface area contributed by atoms with Crippen LogP contribution in [-0.2, 0) is 4.79 Å². The van der Waals surface area contributed by atoms with Gasteiger partial charge in [0.1, 0.15) is 5.60 Å². The molecule has 0 aliphatic carbocycles. The minimum absolute atomic E-state index is 0.152. The number of carbonyl (C=O) groups is 1. The number of carbonyl (C=O) groups excluding carboxylic acids is 1. The first kappa shape index (κ1) is 9.63. The molecule has 0 fully saturated rings. The molecule has 1 atom stereocenters. The van der Waals surface area contributed by atoms with Gasteiger partial charge in [-0.1, -0.05) is 13.8 Å². The molecular formula is C8H16O2. The van der Waals surface area contributed by atoms with Crippen molar-refractivity contribution < 1.29 is 9.90 Å². The quantitative estimate of drug-likeness (QED) is 0.649. The van der Waals surface area contributed by atoms with Gasteiger partial charge in [-0.15, -0.1) is 0 Å². The molecule has 0 aliphatic rings. The Morgan fingerprint density at radius 3 is 2.10 bits per heavy atom. The van der Waals surface area contributed by atoms with E-state index in [2.05, 4.69) is 0 Å². The molecule has 0 heterocycles. The Balaban J connectivity index is 4.00. The van der Waals surface area contributed by atoms with Crippen molar-refractivity contribution in [3.63, 3.8) is 0 Å². The van der Waals surface area contributed by atoms with Gasteiger partial charge in [0.25, 0.3) is 0 Å². The van der Waals surface area contributed by atoms with Crippen LogP contribution in [0.3, 0.4) is 0 Å². The highest BCUT2D eigenvalue weighted by Gasteiger charge is 2.26. The summed E-state index contributed by atoms with van der Waals surface area (Å²) < 4.78 is 0. The minimum Gasteiger partial charge on any atom is -0.382 e. The summed E-state index contributed by atoms with van der Waals surface area (Å²) in [6.07, 6.45) is 0.544. The van der Waals surface area contributed by atoms with Crippen molar-refractivity contribution in [3.05, 3.63) is 0 Å². The fraction of sp³-hybridized carbons (Fsp3) is 0.875. The van der Waals surface area contributed by atoms with Crippen molar-refractivity contribution in [1.29, 1.82) is 0 Å². The molecule has 0 aromatic rings. The summed E-state index contributed by atoms with van der Waals surface area (Å²) in [5, 5.41) is 9.41. The molecular weight excluding hydrogens is 128 g/mol. The molecule has 0 radical (unpaired) electrons. The molecule has 0 unspecified atom stereocenters.